The van der Waals surface area contributed by atoms with Gasteiger partial charge >= 0.3 is 5.97 Å². The highest BCUT2D eigenvalue weighted by molar-refractivity contribution is 6.19. The first-order valence-electron chi connectivity index (χ1n) is 5.52. The van der Waals surface area contributed by atoms with E-state index >= 15 is 0 Å². The van der Waals surface area contributed by atoms with Crippen LogP contribution < -0.4 is 0 Å². The summed E-state index contributed by atoms with van der Waals surface area (Å²) in [6, 6.07) is 0. The van der Waals surface area contributed by atoms with Crippen LogP contribution in [0.5, 0.6) is 0 Å². The molecule has 0 aromatic carbocycles. The van der Waals surface area contributed by atoms with Gasteiger partial charge in [0.05, 0.1) is 6.54 Å². The molecule has 0 saturated heterocycles. The average Bonchev–Trinajstić information content (AvgIpc) is 2.88. The summed E-state index contributed by atoms with van der Waals surface area (Å²) in [5, 5.41) is 0. The Kier molecular flexibility index (Phi) is 3.08. The molecule has 0 spiro atoms. The van der Waals surface area contributed by atoms with Crippen LogP contribution >= 0.6 is 0 Å². The molecule has 0 saturated carbocycles. The van der Waals surface area contributed by atoms with E-state index in [9.17, 15) is 14.4 Å². The number of imide groups is 1. The van der Waals surface area contributed by atoms with Gasteiger partial charge in [-0.1, -0.05) is 6.58 Å². The number of rotatable bonds is 4. The number of likely N-dealkylation sites (tertiary alicyclic amines) is 1. The highest BCUT2D eigenvalue weighted by Gasteiger charge is 2.39. The zero-order valence-corrected chi connectivity index (χ0v) is 9.40. The summed E-state index contributed by atoms with van der Waals surface area (Å²) in [6.07, 6.45) is 3.29. The largest absolute Gasteiger partial charge is 0.461 e. The third-order valence-electron chi connectivity index (χ3n) is 2.95. The Labute approximate surface area is 98.7 Å². The number of amides is 2. The minimum atomic E-state index is -0.551. The van der Waals surface area contributed by atoms with E-state index in [-0.39, 0.29) is 25.0 Å². The number of hydrogen-bond acceptors (Lipinski definition) is 4. The van der Waals surface area contributed by atoms with Gasteiger partial charge in [0, 0.05) is 17.2 Å². The topological polar surface area (TPSA) is 63.7 Å². The molecule has 2 amide bonds. The maximum atomic E-state index is 11.8. The summed E-state index contributed by atoms with van der Waals surface area (Å²) in [6.45, 7) is 3.39. The monoisotopic (exact) mass is 235 g/mol. The van der Waals surface area contributed by atoms with Crippen molar-refractivity contribution in [2.24, 2.45) is 0 Å². The highest BCUT2D eigenvalue weighted by atomic mass is 16.5. The van der Waals surface area contributed by atoms with E-state index in [0.717, 1.165) is 17.4 Å². The number of carbonyl (C=O) groups is 3. The van der Waals surface area contributed by atoms with E-state index in [1.807, 2.05) is 0 Å². The number of carbonyl (C=O) groups excluding carboxylic acids is 3. The minimum Gasteiger partial charge on any atom is -0.461 e. The van der Waals surface area contributed by atoms with Crippen molar-refractivity contribution in [2.45, 2.75) is 19.3 Å². The van der Waals surface area contributed by atoms with Gasteiger partial charge in [0.25, 0.3) is 11.8 Å². The van der Waals surface area contributed by atoms with Crippen molar-refractivity contribution in [3.63, 3.8) is 0 Å². The first-order valence-corrected chi connectivity index (χ1v) is 5.52. The fourth-order valence-electron chi connectivity index (χ4n) is 2.13. The molecule has 1 aliphatic carbocycles. The third-order valence-corrected chi connectivity index (χ3v) is 2.95. The lowest BCUT2D eigenvalue weighted by Gasteiger charge is -2.15. The number of nitrogens with zero attached hydrogens (tertiary/aromatic N) is 1. The van der Waals surface area contributed by atoms with Crippen molar-refractivity contribution in [1.29, 1.82) is 0 Å². The van der Waals surface area contributed by atoms with Gasteiger partial charge in [0.1, 0.15) is 6.61 Å². The number of esters is 1. The molecule has 0 aromatic rings. The second-order valence-corrected chi connectivity index (χ2v) is 3.94. The molecule has 0 atom stereocenters. The highest BCUT2D eigenvalue weighted by Crippen LogP contribution is 2.33. The summed E-state index contributed by atoms with van der Waals surface area (Å²) < 4.78 is 4.75. The Morgan fingerprint density at radius 3 is 2.41 bits per heavy atom. The van der Waals surface area contributed by atoms with Crippen LogP contribution in [0.2, 0.25) is 0 Å². The summed E-state index contributed by atoms with van der Waals surface area (Å²) in [5.41, 5.74) is 1.29. The molecule has 5 heteroatoms. The first kappa shape index (κ1) is 11.6. The molecule has 2 rings (SSSR count). The lowest BCUT2D eigenvalue weighted by atomic mass is 10.2. The van der Waals surface area contributed by atoms with Crippen LogP contribution in [-0.2, 0) is 19.1 Å². The van der Waals surface area contributed by atoms with Crippen LogP contribution in [0.4, 0.5) is 0 Å². The summed E-state index contributed by atoms with van der Waals surface area (Å²) in [5.74, 6) is -1.00. The van der Waals surface area contributed by atoms with E-state index in [1.165, 1.54) is 0 Å². The van der Waals surface area contributed by atoms with Crippen molar-refractivity contribution in [3.8, 4) is 0 Å². The predicted octanol–water partition coefficient (Wildman–Crippen LogP) is 0.565. The van der Waals surface area contributed by atoms with Gasteiger partial charge in [-0.2, -0.15) is 0 Å². The predicted molar refractivity (Wildman–Crippen MR) is 58.8 cm³/mol. The van der Waals surface area contributed by atoms with Crippen LogP contribution in [0.25, 0.3) is 0 Å². The second kappa shape index (κ2) is 4.53. The Morgan fingerprint density at radius 2 is 1.88 bits per heavy atom. The number of hydrogen-bond donors (Lipinski definition) is 0. The van der Waals surface area contributed by atoms with Gasteiger partial charge in [0.15, 0.2) is 0 Å². The van der Waals surface area contributed by atoms with Crippen LogP contribution in [0, 0.1) is 0 Å². The molecule has 1 heterocycles. The molecule has 0 radical (unpaired) electrons. The van der Waals surface area contributed by atoms with E-state index < -0.39 is 5.97 Å². The maximum Gasteiger partial charge on any atom is 0.330 e. The van der Waals surface area contributed by atoms with Gasteiger partial charge in [-0.15, -0.1) is 0 Å². The van der Waals surface area contributed by atoms with E-state index in [1.54, 1.807) is 0 Å². The lowest BCUT2D eigenvalue weighted by molar-refractivity contribution is -0.144. The molecule has 90 valence electrons. The summed E-state index contributed by atoms with van der Waals surface area (Å²) in [7, 11) is 0. The molecule has 1 aliphatic heterocycles. The van der Waals surface area contributed by atoms with Crippen molar-refractivity contribution in [2.75, 3.05) is 13.2 Å². The van der Waals surface area contributed by atoms with Gasteiger partial charge in [0.2, 0.25) is 0 Å². The van der Waals surface area contributed by atoms with Crippen molar-refractivity contribution >= 4 is 17.8 Å². The zero-order chi connectivity index (χ0) is 12.4. The van der Waals surface area contributed by atoms with Crippen LogP contribution in [0.15, 0.2) is 23.8 Å². The molecule has 0 unspecified atom stereocenters. The SMILES string of the molecule is C=CC(=O)OCCN1C(=O)C2=C(CCC2)C1=O. The quantitative estimate of drug-likeness (QED) is 0.406. The molecule has 0 bridgehead atoms. The third kappa shape index (κ3) is 2.00. The molecule has 0 N–H and O–H groups in total. The Morgan fingerprint density at radius 1 is 1.29 bits per heavy atom. The molecule has 5 nitrogen and oxygen atoms in total. The van der Waals surface area contributed by atoms with E-state index in [0.29, 0.717) is 24.0 Å². The van der Waals surface area contributed by atoms with Gasteiger partial charge < -0.3 is 4.74 Å². The molecule has 17 heavy (non-hydrogen) atoms. The van der Waals surface area contributed by atoms with Crippen molar-refractivity contribution < 1.29 is 19.1 Å². The molecule has 0 fully saturated rings. The Bertz CT molecular complexity index is 410. The van der Waals surface area contributed by atoms with E-state index in [2.05, 4.69) is 6.58 Å². The standard InChI is InChI=1S/C12H13NO4/c1-2-10(14)17-7-6-13-11(15)8-4-3-5-9(8)12(13)16/h2H,1,3-7H2. The molecule has 0 aromatic heterocycles. The Hall–Kier alpha value is -1.91. The second-order valence-electron chi connectivity index (χ2n) is 3.94. The number of ether oxygens (including phenoxy) is 1. The van der Waals surface area contributed by atoms with Crippen LogP contribution in [0.3, 0.4) is 0 Å². The molecule has 2 aliphatic rings. The molecular formula is C12H13NO4. The zero-order valence-electron chi connectivity index (χ0n) is 9.40. The first-order chi connectivity index (χ1) is 8.15. The van der Waals surface area contributed by atoms with Crippen LogP contribution in [-0.4, -0.2) is 35.8 Å². The van der Waals surface area contributed by atoms with Crippen LogP contribution in [0.1, 0.15) is 19.3 Å². The van der Waals surface area contributed by atoms with Gasteiger partial charge in [-0.3, -0.25) is 14.5 Å². The normalized spacial score (nSPS) is 18.7. The summed E-state index contributed by atoms with van der Waals surface area (Å²) >= 11 is 0. The van der Waals surface area contributed by atoms with Gasteiger partial charge in [-0.25, -0.2) is 4.79 Å². The van der Waals surface area contributed by atoms with E-state index in [4.69, 9.17) is 4.74 Å². The van der Waals surface area contributed by atoms with Crippen molar-refractivity contribution in [3.05, 3.63) is 23.8 Å². The maximum absolute atomic E-state index is 11.8. The fraction of sp³-hybridized carbons (Fsp3) is 0.417. The minimum absolute atomic E-state index is 0.0168. The smallest absolute Gasteiger partial charge is 0.330 e. The summed E-state index contributed by atoms with van der Waals surface area (Å²) in [4.78, 5) is 35.6. The fourth-order valence-corrected chi connectivity index (χ4v) is 2.13. The van der Waals surface area contributed by atoms with Crippen molar-refractivity contribution in [1.82, 2.24) is 4.90 Å². The van der Waals surface area contributed by atoms with Gasteiger partial charge in [-0.05, 0) is 19.3 Å². The Balaban J connectivity index is 1.92. The lowest BCUT2D eigenvalue weighted by Crippen LogP contribution is -2.35. The average molecular weight is 235 g/mol. The molecular weight excluding hydrogens is 222 g/mol.